The Balaban J connectivity index is 1.17. The van der Waals surface area contributed by atoms with E-state index in [1.54, 1.807) is 17.0 Å². The number of anilines is 2. The average molecular weight is 518 g/mol. The van der Waals surface area contributed by atoms with Crippen molar-refractivity contribution in [1.29, 1.82) is 0 Å². The molecular formula is C24H28FN5O7. The molecule has 5 rings (SSSR count). The third kappa shape index (κ3) is 5.17. The third-order valence-corrected chi connectivity index (χ3v) is 6.85. The van der Waals surface area contributed by atoms with E-state index in [9.17, 15) is 19.5 Å². The second kappa shape index (κ2) is 10.2. The van der Waals surface area contributed by atoms with Crippen molar-refractivity contribution in [1.82, 2.24) is 15.0 Å². The molecule has 0 bridgehead atoms. The number of carbonyl (C=O) groups excluding carboxylic acids is 3. The minimum absolute atomic E-state index is 0.0856. The van der Waals surface area contributed by atoms with Crippen molar-refractivity contribution < 1.29 is 37.9 Å². The Bertz CT molecular complexity index is 1150. The number of benzene rings is 1. The van der Waals surface area contributed by atoms with E-state index in [1.807, 2.05) is 4.90 Å². The Hall–Kier alpha value is -3.87. The lowest BCUT2D eigenvalue weighted by molar-refractivity contribution is -0.143. The normalized spacial score (nSPS) is 24.0. The van der Waals surface area contributed by atoms with Gasteiger partial charge in [0.05, 0.1) is 24.0 Å². The van der Waals surface area contributed by atoms with Gasteiger partial charge in [-0.25, -0.2) is 9.18 Å². The summed E-state index contributed by atoms with van der Waals surface area (Å²) in [6.45, 7) is 3.37. The van der Waals surface area contributed by atoms with E-state index in [4.69, 9.17) is 14.0 Å². The van der Waals surface area contributed by atoms with Gasteiger partial charge in [0.25, 0.3) is 5.88 Å². The van der Waals surface area contributed by atoms with Crippen molar-refractivity contribution >= 4 is 29.3 Å². The van der Waals surface area contributed by atoms with E-state index in [-0.39, 0.29) is 43.8 Å². The summed E-state index contributed by atoms with van der Waals surface area (Å²) in [5.74, 6) is -0.652. The van der Waals surface area contributed by atoms with Crippen LogP contribution in [0.15, 0.2) is 35.1 Å². The Morgan fingerprint density at radius 1 is 1.19 bits per heavy atom. The molecular weight excluding hydrogens is 489 g/mol. The highest BCUT2D eigenvalue weighted by atomic mass is 19.1. The lowest BCUT2D eigenvalue weighted by Gasteiger charge is -2.38. The van der Waals surface area contributed by atoms with Crippen molar-refractivity contribution in [2.45, 2.75) is 31.6 Å². The van der Waals surface area contributed by atoms with Crippen LogP contribution in [-0.2, 0) is 14.3 Å². The van der Waals surface area contributed by atoms with E-state index in [2.05, 4.69) is 5.16 Å². The predicted octanol–water partition coefficient (Wildman–Crippen LogP) is 0.848. The minimum Gasteiger partial charge on any atom is -0.471 e. The zero-order chi connectivity index (χ0) is 26.1. The fourth-order valence-corrected chi connectivity index (χ4v) is 4.97. The zero-order valence-electron chi connectivity index (χ0n) is 20.3. The molecule has 3 aliphatic rings. The number of hydrogen-bond acceptors (Lipinski definition) is 9. The van der Waals surface area contributed by atoms with Crippen LogP contribution < -0.4 is 14.5 Å². The highest BCUT2D eigenvalue weighted by Gasteiger charge is 2.40. The highest BCUT2D eigenvalue weighted by molar-refractivity contribution is 5.90. The van der Waals surface area contributed by atoms with Crippen LogP contribution in [0.2, 0.25) is 0 Å². The Labute approximate surface area is 212 Å². The van der Waals surface area contributed by atoms with Crippen molar-refractivity contribution in [2.75, 3.05) is 55.7 Å². The quantitative estimate of drug-likeness (QED) is 0.593. The number of rotatable bonds is 6. The van der Waals surface area contributed by atoms with Gasteiger partial charge in [0.1, 0.15) is 24.7 Å². The molecule has 0 spiro atoms. The first-order chi connectivity index (χ1) is 17.8. The standard InChI is InChI=1S/C24H28FN5O7/c1-15(31)29-12-17(32)11-21(29)23(33)28-7-5-27(6-8-28)20-3-2-16(10-19(20)25)30-13-18(37-24(30)34)14-35-22-4-9-36-26-22/h2-4,9-10,17-18,21,32H,5-8,11-14H2,1H3/t17-,18?,21+/m1/s1. The summed E-state index contributed by atoms with van der Waals surface area (Å²) in [6.07, 6.45) is -0.258. The summed E-state index contributed by atoms with van der Waals surface area (Å²) < 4.78 is 30.5. The van der Waals surface area contributed by atoms with Gasteiger partial charge in [-0.1, -0.05) is 0 Å². The lowest BCUT2D eigenvalue weighted by atomic mass is 10.1. The number of nitrogens with zero attached hydrogens (tertiary/aromatic N) is 5. The van der Waals surface area contributed by atoms with Crippen LogP contribution in [0.3, 0.4) is 0 Å². The number of carbonyl (C=O) groups is 3. The number of aliphatic hydroxyl groups is 1. The van der Waals surface area contributed by atoms with Crippen molar-refractivity contribution in [2.24, 2.45) is 0 Å². The fourth-order valence-electron chi connectivity index (χ4n) is 4.97. The van der Waals surface area contributed by atoms with Gasteiger partial charge in [-0.15, -0.1) is 0 Å². The molecule has 12 nitrogen and oxygen atoms in total. The molecule has 3 fully saturated rings. The zero-order valence-corrected chi connectivity index (χ0v) is 20.3. The number of aromatic nitrogens is 1. The van der Waals surface area contributed by atoms with Crippen LogP contribution in [0.5, 0.6) is 5.88 Å². The largest absolute Gasteiger partial charge is 0.471 e. The summed E-state index contributed by atoms with van der Waals surface area (Å²) in [6, 6.07) is 5.43. The Morgan fingerprint density at radius 2 is 1.97 bits per heavy atom. The molecule has 3 aliphatic heterocycles. The molecule has 1 aromatic carbocycles. The van der Waals surface area contributed by atoms with Crippen LogP contribution >= 0.6 is 0 Å². The first-order valence-corrected chi connectivity index (χ1v) is 12.1. The molecule has 3 saturated heterocycles. The summed E-state index contributed by atoms with van der Waals surface area (Å²) in [5, 5.41) is 13.6. The number of cyclic esters (lactones) is 1. The summed E-state index contributed by atoms with van der Waals surface area (Å²) in [5.41, 5.74) is 0.740. The van der Waals surface area contributed by atoms with Crippen LogP contribution in [0.25, 0.3) is 0 Å². The number of β-amino-alcohol motifs (C(OH)–C–C–N with tert-alkyl or cyclic N) is 1. The second-order valence-corrected chi connectivity index (χ2v) is 9.29. The molecule has 3 atom stereocenters. The minimum atomic E-state index is -0.712. The van der Waals surface area contributed by atoms with Gasteiger partial charge >= 0.3 is 6.09 Å². The molecule has 0 aliphatic carbocycles. The molecule has 198 valence electrons. The number of amides is 3. The molecule has 2 aromatic rings. The summed E-state index contributed by atoms with van der Waals surface area (Å²) in [7, 11) is 0. The third-order valence-electron chi connectivity index (χ3n) is 6.85. The number of aliphatic hydroxyl groups excluding tert-OH is 1. The fraction of sp³-hybridized carbons (Fsp3) is 0.500. The smallest absolute Gasteiger partial charge is 0.414 e. The molecule has 0 saturated carbocycles. The monoisotopic (exact) mass is 517 g/mol. The molecule has 13 heteroatoms. The van der Waals surface area contributed by atoms with Gasteiger partial charge in [-0.2, -0.15) is 0 Å². The van der Waals surface area contributed by atoms with Gasteiger partial charge < -0.3 is 33.8 Å². The average Bonchev–Trinajstić information content (AvgIpc) is 3.62. The van der Waals surface area contributed by atoms with Gasteiger partial charge in [0.2, 0.25) is 11.8 Å². The van der Waals surface area contributed by atoms with Crippen molar-refractivity contribution in [3.63, 3.8) is 0 Å². The van der Waals surface area contributed by atoms with Crippen molar-refractivity contribution in [3.05, 3.63) is 36.3 Å². The number of hydrogen-bond donors (Lipinski definition) is 1. The maximum absolute atomic E-state index is 15.1. The van der Waals surface area contributed by atoms with Crippen LogP contribution in [-0.4, -0.2) is 102 Å². The van der Waals surface area contributed by atoms with E-state index in [0.717, 1.165) is 0 Å². The lowest BCUT2D eigenvalue weighted by Crippen LogP contribution is -2.54. The number of ether oxygens (including phenoxy) is 2. The van der Waals surface area contributed by atoms with E-state index < -0.39 is 30.2 Å². The molecule has 4 heterocycles. The topological polar surface area (TPSA) is 129 Å². The number of likely N-dealkylation sites (tertiary alicyclic amines) is 1. The maximum Gasteiger partial charge on any atom is 0.414 e. The van der Waals surface area contributed by atoms with Gasteiger partial charge in [0, 0.05) is 52.1 Å². The summed E-state index contributed by atoms with van der Waals surface area (Å²) >= 11 is 0. The molecule has 1 unspecified atom stereocenters. The Kier molecular flexibility index (Phi) is 6.87. The highest BCUT2D eigenvalue weighted by Crippen LogP contribution is 2.29. The molecule has 1 aromatic heterocycles. The SMILES string of the molecule is CC(=O)N1C[C@H](O)C[C@H]1C(=O)N1CCN(c2ccc(N3CC(COc4ccon4)OC3=O)cc2F)CC1. The second-order valence-electron chi connectivity index (χ2n) is 9.29. The van der Waals surface area contributed by atoms with Crippen LogP contribution in [0.1, 0.15) is 13.3 Å². The number of halogens is 1. The van der Waals surface area contributed by atoms with Crippen LogP contribution in [0.4, 0.5) is 20.6 Å². The molecule has 0 radical (unpaired) electrons. The van der Waals surface area contributed by atoms with Crippen LogP contribution in [0, 0.1) is 5.82 Å². The van der Waals surface area contributed by atoms with E-state index in [0.29, 0.717) is 37.6 Å². The van der Waals surface area contributed by atoms with Crippen molar-refractivity contribution in [3.8, 4) is 5.88 Å². The number of piperazine rings is 1. The van der Waals surface area contributed by atoms with E-state index >= 15 is 4.39 Å². The molecule has 3 amide bonds. The maximum atomic E-state index is 15.1. The first-order valence-electron chi connectivity index (χ1n) is 12.1. The molecule has 1 N–H and O–H groups in total. The van der Waals surface area contributed by atoms with Gasteiger partial charge in [0.15, 0.2) is 6.10 Å². The van der Waals surface area contributed by atoms with E-state index in [1.165, 1.54) is 35.1 Å². The summed E-state index contributed by atoms with van der Waals surface area (Å²) in [4.78, 5) is 43.4. The first kappa shape index (κ1) is 24.8. The Morgan fingerprint density at radius 3 is 2.65 bits per heavy atom. The van der Waals surface area contributed by atoms with Gasteiger partial charge in [-0.3, -0.25) is 14.5 Å². The van der Waals surface area contributed by atoms with Gasteiger partial charge in [-0.05, 0) is 23.4 Å². The molecule has 37 heavy (non-hydrogen) atoms. The predicted molar refractivity (Wildman–Crippen MR) is 127 cm³/mol.